The minimum absolute atomic E-state index is 0.155. The fraction of sp³-hybridized carbons (Fsp3) is 0.458. The first-order valence-corrected chi connectivity index (χ1v) is 10.2. The largest absolute Gasteiger partial charge is 0.489 e. The van der Waals surface area contributed by atoms with Gasteiger partial charge in [-0.3, -0.25) is 0 Å². The maximum Gasteiger partial charge on any atom is 0.410 e. The molecule has 0 atom stereocenters. The highest BCUT2D eigenvalue weighted by Crippen LogP contribution is 2.20. The molecule has 0 spiro atoms. The van der Waals surface area contributed by atoms with E-state index in [0.29, 0.717) is 26.3 Å². The summed E-state index contributed by atoms with van der Waals surface area (Å²) in [7, 11) is 0. The van der Waals surface area contributed by atoms with Gasteiger partial charge in [0.2, 0.25) is 0 Å². The van der Waals surface area contributed by atoms with Gasteiger partial charge in [-0.05, 0) is 56.9 Å². The van der Waals surface area contributed by atoms with E-state index in [2.05, 4.69) is 12.1 Å². The van der Waals surface area contributed by atoms with Gasteiger partial charge in [-0.2, -0.15) is 0 Å². The second kappa shape index (κ2) is 9.79. The van der Waals surface area contributed by atoms with Gasteiger partial charge >= 0.3 is 6.09 Å². The van der Waals surface area contributed by atoms with E-state index >= 15 is 0 Å². The van der Waals surface area contributed by atoms with E-state index in [1.54, 1.807) is 4.90 Å². The van der Waals surface area contributed by atoms with Crippen molar-refractivity contribution in [1.29, 1.82) is 0 Å². The van der Waals surface area contributed by atoms with Crippen LogP contribution in [0.25, 0.3) is 0 Å². The van der Waals surface area contributed by atoms with Crippen molar-refractivity contribution in [3.8, 4) is 5.75 Å². The van der Waals surface area contributed by atoms with Crippen LogP contribution in [-0.2, 0) is 22.7 Å². The Bertz CT molecular complexity index is 777. The quantitative estimate of drug-likeness (QED) is 0.674. The summed E-state index contributed by atoms with van der Waals surface area (Å²) < 4.78 is 17.4. The summed E-state index contributed by atoms with van der Waals surface area (Å²) in [6.07, 6.45) is 1.56. The van der Waals surface area contributed by atoms with Crippen molar-refractivity contribution < 1.29 is 19.0 Å². The number of likely N-dealkylation sites (tertiary alicyclic amines) is 1. The van der Waals surface area contributed by atoms with E-state index in [1.807, 2.05) is 63.2 Å². The van der Waals surface area contributed by atoms with E-state index in [0.717, 1.165) is 29.7 Å². The lowest BCUT2D eigenvalue weighted by Gasteiger charge is -2.33. The topological polar surface area (TPSA) is 48.0 Å². The van der Waals surface area contributed by atoms with Crippen LogP contribution >= 0.6 is 0 Å². The van der Waals surface area contributed by atoms with Gasteiger partial charge in [0.25, 0.3) is 0 Å². The zero-order valence-electron chi connectivity index (χ0n) is 17.6. The first kappa shape index (κ1) is 21.2. The molecule has 1 fully saturated rings. The molecular weight excluding hydrogens is 366 g/mol. The minimum Gasteiger partial charge on any atom is -0.489 e. The van der Waals surface area contributed by atoms with Crippen molar-refractivity contribution in [2.24, 2.45) is 0 Å². The van der Waals surface area contributed by atoms with Crippen LogP contribution < -0.4 is 4.74 Å². The van der Waals surface area contributed by atoms with Crippen LogP contribution in [0, 0.1) is 0 Å². The number of piperidine rings is 1. The maximum atomic E-state index is 12.2. The average molecular weight is 398 g/mol. The number of rotatable bonds is 6. The predicted molar refractivity (Wildman–Crippen MR) is 113 cm³/mol. The molecule has 1 heterocycles. The number of amides is 1. The Hall–Kier alpha value is -2.53. The Balaban J connectivity index is 1.42. The molecule has 0 N–H and O–H groups in total. The van der Waals surface area contributed by atoms with E-state index in [4.69, 9.17) is 14.2 Å². The lowest BCUT2D eigenvalue weighted by molar-refractivity contribution is -0.0170. The molecule has 5 nitrogen and oxygen atoms in total. The number of carbonyl (C=O) groups is 1. The van der Waals surface area contributed by atoms with Crippen LogP contribution in [0.4, 0.5) is 4.79 Å². The monoisotopic (exact) mass is 397 g/mol. The van der Waals surface area contributed by atoms with Crippen molar-refractivity contribution >= 4 is 6.09 Å². The fourth-order valence-electron chi connectivity index (χ4n) is 3.21. The lowest BCUT2D eigenvalue weighted by atomic mass is 10.1. The highest BCUT2D eigenvalue weighted by atomic mass is 16.6. The lowest BCUT2D eigenvalue weighted by Crippen LogP contribution is -2.43. The molecule has 1 aliphatic heterocycles. The summed E-state index contributed by atoms with van der Waals surface area (Å²) in [5, 5.41) is 0. The van der Waals surface area contributed by atoms with Crippen molar-refractivity contribution in [2.75, 3.05) is 13.1 Å². The van der Waals surface area contributed by atoms with Gasteiger partial charge in [0.05, 0.1) is 12.7 Å². The van der Waals surface area contributed by atoms with Crippen molar-refractivity contribution in [3.05, 3.63) is 65.7 Å². The van der Waals surface area contributed by atoms with Crippen LogP contribution in [0.2, 0.25) is 0 Å². The molecule has 1 amide bonds. The Labute approximate surface area is 173 Å². The highest BCUT2D eigenvalue weighted by Gasteiger charge is 2.27. The zero-order chi connectivity index (χ0) is 20.7. The summed E-state index contributed by atoms with van der Waals surface area (Å²) in [6.45, 7) is 8.09. The van der Waals surface area contributed by atoms with Gasteiger partial charge in [0.15, 0.2) is 0 Å². The van der Waals surface area contributed by atoms with E-state index in [9.17, 15) is 4.79 Å². The van der Waals surface area contributed by atoms with Crippen LogP contribution in [0.3, 0.4) is 0 Å². The third kappa shape index (κ3) is 7.09. The Morgan fingerprint density at radius 1 is 0.966 bits per heavy atom. The van der Waals surface area contributed by atoms with Crippen molar-refractivity contribution in [1.82, 2.24) is 4.90 Å². The molecule has 1 aliphatic rings. The second-order valence-corrected chi connectivity index (χ2v) is 8.40. The summed E-state index contributed by atoms with van der Waals surface area (Å²) in [5.41, 5.74) is 1.77. The number of ether oxygens (including phenoxy) is 3. The molecule has 0 radical (unpaired) electrons. The molecule has 0 aromatic heterocycles. The molecule has 156 valence electrons. The zero-order valence-corrected chi connectivity index (χ0v) is 17.6. The third-order valence-electron chi connectivity index (χ3n) is 4.73. The van der Waals surface area contributed by atoms with Gasteiger partial charge in [-0.25, -0.2) is 4.79 Å². The van der Waals surface area contributed by atoms with Crippen LogP contribution in [0.1, 0.15) is 44.7 Å². The number of carbonyl (C=O) groups excluding carboxylic acids is 1. The van der Waals surface area contributed by atoms with Gasteiger partial charge < -0.3 is 19.1 Å². The molecule has 0 saturated carbocycles. The number of hydrogen-bond acceptors (Lipinski definition) is 4. The average Bonchev–Trinajstić information content (AvgIpc) is 2.71. The standard InChI is InChI=1S/C24H31NO4/c1-24(2,3)29-23(26)25-14-12-21(13-15-25)27-18-20-10-7-11-22(16-20)28-17-19-8-5-4-6-9-19/h4-11,16,21H,12-15,17-18H2,1-3H3. The molecule has 5 heteroatoms. The molecule has 2 aromatic rings. The number of nitrogens with zero attached hydrogens (tertiary/aromatic N) is 1. The molecule has 1 saturated heterocycles. The Morgan fingerprint density at radius 3 is 2.34 bits per heavy atom. The van der Waals surface area contributed by atoms with Gasteiger partial charge in [0.1, 0.15) is 18.0 Å². The summed E-state index contributed by atoms with van der Waals surface area (Å²) in [6, 6.07) is 18.2. The minimum atomic E-state index is -0.460. The van der Waals surface area contributed by atoms with E-state index in [1.165, 1.54) is 0 Å². The number of hydrogen-bond donors (Lipinski definition) is 0. The van der Waals surface area contributed by atoms with Crippen LogP contribution in [-0.4, -0.2) is 35.8 Å². The normalized spacial score (nSPS) is 15.2. The predicted octanol–water partition coefficient (Wildman–Crippen LogP) is 5.18. The molecule has 0 aliphatic carbocycles. The van der Waals surface area contributed by atoms with Gasteiger partial charge in [-0.1, -0.05) is 42.5 Å². The molecule has 29 heavy (non-hydrogen) atoms. The maximum absolute atomic E-state index is 12.2. The first-order chi connectivity index (χ1) is 13.9. The first-order valence-electron chi connectivity index (χ1n) is 10.2. The molecule has 0 bridgehead atoms. The molecule has 3 rings (SSSR count). The molecule has 0 unspecified atom stereocenters. The Kier molecular flexibility index (Phi) is 7.15. The van der Waals surface area contributed by atoms with Crippen molar-refractivity contribution in [3.63, 3.8) is 0 Å². The van der Waals surface area contributed by atoms with E-state index < -0.39 is 5.60 Å². The molecule has 2 aromatic carbocycles. The highest BCUT2D eigenvalue weighted by molar-refractivity contribution is 5.68. The van der Waals surface area contributed by atoms with Gasteiger partial charge in [-0.15, -0.1) is 0 Å². The summed E-state index contributed by atoms with van der Waals surface area (Å²) >= 11 is 0. The number of benzene rings is 2. The van der Waals surface area contributed by atoms with Crippen LogP contribution in [0.15, 0.2) is 54.6 Å². The second-order valence-electron chi connectivity index (χ2n) is 8.40. The summed E-state index contributed by atoms with van der Waals surface area (Å²) in [4.78, 5) is 13.9. The summed E-state index contributed by atoms with van der Waals surface area (Å²) in [5.74, 6) is 0.842. The third-order valence-corrected chi connectivity index (χ3v) is 4.73. The fourth-order valence-corrected chi connectivity index (χ4v) is 3.21. The SMILES string of the molecule is CC(C)(C)OC(=O)N1CCC(OCc2cccc(OCc3ccccc3)c2)CC1. The van der Waals surface area contributed by atoms with Gasteiger partial charge in [0, 0.05) is 13.1 Å². The van der Waals surface area contributed by atoms with E-state index in [-0.39, 0.29) is 12.2 Å². The van der Waals surface area contributed by atoms with Crippen molar-refractivity contribution in [2.45, 2.75) is 58.5 Å². The Morgan fingerprint density at radius 2 is 1.66 bits per heavy atom. The van der Waals surface area contributed by atoms with Crippen LogP contribution in [0.5, 0.6) is 5.75 Å². The smallest absolute Gasteiger partial charge is 0.410 e. The molecular formula is C24H31NO4.